The van der Waals surface area contributed by atoms with Crippen LogP contribution in [0.3, 0.4) is 0 Å². The van der Waals surface area contributed by atoms with Crippen molar-refractivity contribution >= 4 is 17.5 Å². The summed E-state index contributed by atoms with van der Waals surface area (Å²) in [6.45, 7) is 5.81. The van der Waals surface area contributed by atoms with Crippen molar-refractivity contribution in [1.82, 2.24) is 4.90 Å². The molecule has 2 aromatic rings. The molecule has 0 saturated heterocycles. The van der Waals surface area contributed by atoms with Crippen LogP contribution in [0, 0.1) is 5.92 Å². The smallest absolute Gasteiger partial charge is 0.254 e. The number of rotatable bonds is 3. The minimum absolute atomic E-state index is 0.0104. The van der Waals surface area contributed by atoms with Crippen LogP contribution in [-0.4, -0.2) is 36.9 Å². The molecular formula is C26H34N2O3. The molecule has 31 heavy (non-hydrogen) atoms. The monoisotopic (exact) mass is 422 g/mol. The van der Waals surface area contributed by atoms with Gasteiger partial charge in [-0.25, -0.2) is 0 Å². The zero-order valence-corrected chi connectivity index (χ0v) is 19.0. The Balaban J connectivity index is 1.93. The summed E-state index contributed by atoms with van der Waals surface area (Å²) >= 11 is 0. The Bertz CT molecular complexity index is 876. The number of ether oxygens (including phenoxy) is 1. The second-order valence-corrected chi connectivity index (χ2v) is 8.50. The molecule has 2 aromatic carbocycles. The average Bonchev–Trinajstić information content (AvgIpc) is 2.78. The zero-order valence-electron chi connectivity index (χ0n) is 19.0. The molecule has 0 atom stereocenters. The predicted molar refractivity (Wildman–Crippen MR) is 124 cm³/mol. The number of hydrogen-bond acceptors (Lipinski definition) is 3. The van der Waals surface area contributed by atoms with Crippen LogP contribution in [0.15, 0.2) is 48.5 Å². The summed E-state index contributed by atoms with van der Waals surface area (Å²) in [5.41, 5.74) is 2.59. The van der Waals surface area contributed by atoms with Gasteiger partial charge in [-0.15, -0.1) is 0 Å². The van der Waals surface area contributed by atoms with Crippen molar-refractivity contribution in [2.45, 2.75) is 52.5 Å². The second-order valence-electron chi connectivity index (χ2n) is 8.50. The average molecular weight is 423 g/mol. The van der Waals surface area contributed by atoms with Crippen LogP contribution in [0.25, 0.3) is 0 Å². The topological polar surface area (TPSA) is 49.9 Å². The van der Waals surface area contributed by atoms with Gasteiger partial charge in [0.1, 0.15) is 5.75 Å². The summed E-state index contributed by atoms with van der Waals surface area (Å²) < 4.78 is 5.22. The first-order chi connectivity index (χ1) is 15.0. The highest BCUT2D eigenvalue weighted by atomic mass is 16.5. The number of hydrogen-bond donors (Lipinski definition) is 0. The van der Waals surface area contributed by atoms with E-state index < -0.39 is 0 Å². The summed E-state index contributed by atoms with van der Waals surface area (Å²) in [5, 5.41) is 0. The quantitative estimate of drug-likeness (QED) is 0.675. The third-order valence-corrected chi connectivity index (χ3v) is 5.84. The maximum Gasteiger partial charge on any atom is 0.254 e. The Morgan fingerprint density at radius 2 is 1.52 bits per heavy atom. The van der Waals surface area contributed by atoms with E-state index in [2.05, 4.69) is 0 Å². The van der Waals surface area contributed by atoms with E-state index >= 15 is 0 Å². The standard InChI is InChI=1S/C26H34N2O3/c1-20(2)25(29)28-18-10-6-4-5-9-17-27(19-22-11-7-8-12-24(22)28)26(30)21-13-15-23(31-3)16-14-21/h7-8,11-16,20H,4-6,9-10,17-19H2,1-3H3. The molecule has 1 heterocycles. The molecule has 0 fully saturated rings. The van der Waals surface area contributed by atoms with Crippen molar-refractivity contribution in [3.05, 3.63) is 59.7 Å². The van der Waals surface area contributed by atoms with Gasteiger partial charge >= 0.3 is 0 Å². The molecule has 0 spiro atoms. The number of methoxy groups -OCH3 is 1. The molecule has 166 valence electrons. The fourth-order valence-electron chi connectivity index (χ4n) is 4.05. The third-order valence-electron chi connectivity index (χ3n) is 5.84. The second kappa shape index (κ2) is 11.0. The van der Waals surface area contributed by atoms with Crippen molar-refractivity contribution in [1.29, 1.82) is 0 Å². The zero-order chi connectivity index (χ0) is 22.2. The van der Waals surface area contributed by atoms with Crippen LogP contribution in [0.2, 0.25) is 0 Å². The van der Waals surface area contributed by atoms with Crippen molar-refractivity contribution in [2.75, 3.05) is 25.1 Å². The van der Waals surface area contributed by atoms with E-state index in [0.717, 1.165) is 55.6 Å². The Kier molecular flexibility index (Phi) is 8.10. The molecule has 0 aliphatic carbocycles. The highest BCUT2D eigenvalue weighted by Crippen LogP contribution is 2.26. The van der Waals surface area contributed by atoms with Gasteiger partial charge in [0.25, 0.3) is 5.91 Å². The van der Waals surface area contributed by atoms with Crippen LogP contribution in [0.4, 0.5) is 5.69 Å². The molecule has 0 N–H and O–H groups in total. The number of anilines is 1. The molecule has 0 bridgehead atoms. The Hall–Kier alpha value is -2.82. The largest absolute Gasteiger partial charge is 0.497 e. The van der Waals surface area contributed by atoms with Gasteiger partial charge in [0.15, 0.2) is 0 Å². The van der Waals surface area contributed by atoms with Gasteiger partial charge in [-0.3, -0.25) is 9.59 Å². The van der Waals surface area contributed by atoms with Crippen LogP contribution in [-0.2, 0) is 11.3 Å². The van der Waals surface area contributed by atoms with Gasteiger partial charge in [-0.2, -0.15) is 0 Å². The summed E-state index contributed by atoms with van der Waals surface area (Å²) in [6, 6.07) is 15.3. The summed E-state index contributed by atoms with van der Waals surface area (Å²) in [7, 11) is 1.62. The predicted octanol–water partition coefficient (Wildman–Crippen LogP) is 5.29. The SMILES string of the molecule is COc1ccc(C(=O)N2CCCCCCCN(C(=O)C(C)C)c3ccccc3C2)cc1. The molecule has 0 aromatic heterocycles. The van der Waals surface area contributed by atoms with Gasteiger partial charge in [0.05, 0.1) is 7.11 Å². The van der Waals surface area contributed by atoms with Crippen LogP contribution in [0.1, 0.15) is 61.9 Å². The summed E-state index contributed by atoms with van der Waals surface area (Å²) in [6.07, 6.45) is 5.29. The number of carbonyl (C=O) groups excluding carboxylic acids is 2. The molecular weight excluding hydrogens is 388 g/mol. The Morgan fingerprint density at radius 3 is 2.19 bits per heavy atom. The van der Waals surface area contributed by atoms with Gasteiger partial charge in [-0.1, -0.05) is 51.3 Å². The first-order valence-electron chi connectivity index (χ1n) is 11.3. The van der Waals surface area contributed by atoms with E-state index in [1.165, 1.54) is 0 Å². The Morgan fingerprint density at radius 1 is 0.871 bits per heavy atom. The number of benzene rings is 2. The molecule has 1 aliphatic rings. The molecule has 5 nitrogen and oxygen atoms in total. The van der Waals surface area contributed by atoms with Gasteiger partial charge in [0.2, 0.25) is 5.91 Å². The highest BCUT2D eigenvalue weighted by Gasteiger charge is 2.24. The molecule has 5 heteroatoms. The number of carbonyl (C=O) groups is 2. The fraction of sp³-hybridized carbons (Fsp3) is 0.462. The van der Waals surface area contributed by atoms with Crippen LogP contribution < -0.4 is 9.64 Å². The minimum Gasteiger partial charge on any atom is -0.497 e. The van der Waals surface area contributed by atoms with E-state index in [1.54, 1.807) is 7.11 Å². The Labute approximate surface area is 186 Å². The van der Waals surface area contributed by atoms with Crippen molar-refractivity contribution in [2.24, 2.45) is 5.92 Å². The van der Waals surface area contributed by atoms with E-state index in [1.807, 2.05) is 72.2 Å². The molecule has 1 aliphatic heterocycles. The van der Waals surface area contributed by atoms with Gasteiger partial charge in [0, 0.05) is 36.8 Å². The van der Waals surface area contributed by atoms with Crippen molar-refractivity contribution < 1.29 is 14.3 Å². The molecule has 3 rings (SSSR count). The lowest BCUT2D eigenvalue weighted by atomic mass is 10.0. The number of nitrogens with zero attached hydrogens (tertiary/aromatic N) is 2. The molecule has 0 radical (unpaired) electrons. The molecule has 0 unspecified atom stereocenters. The van der Waals surface area contributed by atoms with E-state index in [0.29, 0.717) is 18.7 Å². The third kappa shape index (κ3) is 5.87. The highest BCUT2D eigenvalue weighted by molar-refractivity contribution is 5.96. The van der Waals surface area contributed by atoms with Crippen LogP contribution >= 0.6 is 0 Å². The normalized spacial score (nSPS) is 15.6. The van der Waals surface area contributed by atoms with Crippen molar-refractivity contribution in [3.8, 4) is 5.75 Å². The number of para-hydroxylation sites is 1. The molecule has 2 amide bonds. The first kappa shape index (κ1) is 22.9. The fourth-order valence-corrected chi connectivity index (χ4v) is 4.05. The summed E-state index contributed by atoms with van der Waals surface area (Å²) in [4.78, 5) is 30.2. The lowest BCUT2D eigenvalue weighted by Gasteiger charge is -2.30. The molecule has 0 saturated carbocycles. The first-order valence-corrected chi connectivity index (χ1v) is 11.3. The lowest BCUT2D eigenvalue weighted by Crippen LogP contribution is -2.37. The lowest BCUT2D eigenvalue weighted by molar-refractivity contribution is -0.121. The summed E-state index contributed by atoms with van der Waals surface area (Å²) in [5.74, 6) is 0.810. The van der Waals surface area contributed by atoms with Gasteiger partial charge in [-0.05, 0) is 48.7 Å². The van der Waals surface area contributed by atoms with E-state index in [-0.39, 0.29) is 17.7 Å². The number of amides is 2. The van der Waals surface area contributed by atoms with Gasteiger partial charge < -0.3 is 14.5 Å². The van der Waals surface area contributed by atoms with Crippen molar-refractivity contribution in [3.63, 3.8) is 0 Å². The van der Waals surface area contributed by atoms with E-state index in [4.69, 9.17) is 4.74 Å². The van der Waals surface area contributed by atoms with Crippen LogP contribution in [0.5, 0.6) is 5.75 Å². The minimum atomic E-state index is -0.0713. The van der Waals surface area contributed by atoms with E-state index in [9.17, 15) is 9.59 Å². The maximum absolute atomic E-state index is 13.4. The number of fused-ring (bicyclic) bond motifs is 1. The maximum atomic E-state index is 13.4.